The van der Waals surface area contributed by atoms with E-state index < -0.39 is 0 Å². The summed E-state index contributed by atoms with van der Waals surface area (Å²) >= 11 is 0. The Hall–Kier alpha value is -4.18. The molecule has 0 saturated carbocycles. The van der Waals surface area contributed by atoms with Crippen molar-refractivity contribution >= 4 is 16.6 Å². The van der Waals surface area contributed by atoms with Crippen LogP contribution in [0.15, 0.2) is 108 Å². The van der Waals surface area contributed by atoms with Gasteiger partial charge in [0.05, 0.1) is 16.6 Å². The third-order valence-electron chi connectivity index (χ3n) is 5.14. The maximum absolute atomic E-state index is 13.6. The van der Waals surface area contributed by atoms with Crippen molar-refractivity contribution in [2.24, 2.45) is 0 Å². The molecule has 0 amide bonds. The SMILES string of the molecule is Nc1ccc2c(=O)n(-c3cccc(-c4ccccc4)c3)c(-c3ccccc3)nc2c1. The van der Waals surface area contributed by atoms with E-state index in [1.54, 1.807) is 22.8 Å². The van der Waals surface area contributed by atoms with Crippen molar-refractivity contribution in [3.63, 3.8) is 0 Å². The Kier molecular flexibility index (Phi) is 4.37. The van der Waals surface area contributed by atoms with E-state index in [2.05, 4.69) is 12.1 Å². The number of benzene rings is 4. The second-order valence-corrected chi connectivity index (χ2v) is 7.13. The van der Waals surface area contributed by atoms with Crippen molar-refractivity contribution in [2.45, 2.75) is 0 Å². The number of anilines is 1. The van der Waals surface area contributed by atoms with Crippen molar-refractivity contribution in [1.82, 2.24) is 9.55 Å². The van der Waals surface area contributed by atoms with Gasteiger partial charge in [0.1, 0.15) is 5.82 Å². The third-order valence-corrected chi connectivity index (χ3v) is 5.14. The largest absolute Gasteiger partial charge is 0.399 e. The van der Waals surface area contributed by atoms with E-state index in [4.69, 9.17) is 10.7 Å². The molecule has 0 aliphatic heterocycles. The minimum Gasteiger partial charge on any atom is -0.399 e. The van der Waals surface area contributed by atoms with Crippen molar-refractivity contribution in [1.29, 1.82) is 0 Å². The highest BCUT2D eigenvalue weighted by Gasteiger charge is 2.15. The van der Waals surface area contributed by atoms with Gasteiger partial charge >= 0.3 is 0 Å². The van der Waals surface area contributed by atoms with Crippen LogP contribution in [-0.4, -0.2) is 9.55 Å². The summed E-state index contributed by atoms with van der Waals surface area (Å²) in [5.41, 5.74) is 10.8. The first-order valence-electron chi connectivity index (χ1n) is 9.74. The normalized spacial score (nSPS) is 10.9. The highest BCUT2D eigenvalue weighted by atomic mass is 16.1. The molecule has 144 valence electrons. The second kappa shape index (κ2) is 7.33. The average Bonchev–Trinajstić information content (AvgIpc) is 2.80. The molecule has 4 nitrogen and oxygen atoms in total. The predicted molar refractivity (Wildman–Crippen MR) is 123 cm³/mol. The number of hydrogen-bond donors (Lipinski definition) is 1. The van der Waals surface area contributed by atoms with Gasteiger partial charge in [0.15, 0.2) is 0 Å². The number of hydrogen-bond acceptors (Lipinski definition) is 3. The van der Waals surface area contributed by atoms with Crippen molar-refractivity contribution < 1.29 is 0 Å². The summed E-state index contributed by atoms with van der Waals surface area (Å²) < 4.78 is 1.68. The number of nitrogens with two attached hydrogens (primary N) is 1. The number of nitrogen functional groups attached to an aromatic ring is 1. The third kappa shape index (κ3) is 3.14. The highest BCUT2D eigenvalue weighted by Crippen LogP contribution is 2.26. The smallest absolute Gasteiger partial charge is 0.266 e. The molecule has 0 saturated heterocycles. The molecular formula is C26H19N3O. The lowest BCUT2D eigenvalue weighted by Gasteiger charge is -2.15. The van der Waals surface area contributed by atoms with Crippen LogP contribution in [0.4, 0.5) is 5.69 Å². The lowest BCUT2D eigenvalue weighted by Crippen LogP contribution is -2.22. The molecule has 0 radical (unpaired) electrons. The number of fused-ring (bicyclic) bond motifs is 1. The molecule has 0 unspecified atom stereocenters. The molecule has 4 aromatic carbocycles. The minimum atomic E-state index is -0.121. The van der Waals surface area contributed by atoms with Gasteiger partial charge in [0.25, 0.3) is 5.56 Å². The zero-order valence-corrected chi connectivity index (χ0v) is 16.2. The molecule has 0 fully saturated rings. The maximum atomic E-state index is 13.6. The zero-order valence-electron chi connectivity index (χ0n) is 16.2. The second-order valence-electron chi connectivity index (χ2n) is 7.13. The number of rotatable bonds is 3. The van der Waals surface area contributed by atoms with Gasteiger partial charge in [-0.3, -0.25) is 9.36 Å². The number of aromatic nitrogens is 2. The van der Waals surface area contributed by atoms with Gasteiger partial charge < -0.3 is 5.73 Å². The summed E-state index contributed by atoms with van der Waals surface area (Å²) in [6.45, 7) is 0. The molecule has 4 heteroatoms. The Labute approximate surface area is 173 Å². The van der Waals surface area contributed by atoms with Crippen LogP contribution >= 0.6 is 0 Å². The molecule has 2 N–H and O–H groups in total. The Balaban J connectivity index is 1.82. The summed E-state index contributed by atoms with van der Waals surface area (Å²) in [5.74, 6) is 0.587. The molecule has 0 spiro atoms. The van der Waals surface area contributed by atoms with Crippen LogP contribution in [0.1, 0.15) is 0 Å². The minimum absolute atomic E-state index is 0.121. The molecule has 0 aliphatic rings. The fraction of sp³-hybridized carbons (Fsp3) is 0. The summed E-state index contributed by atoms with van der Waals surface area (Å²) in [4.78, 5) is 18.4. The maximum Gasteiger partial charge on any atom is 0.266 e. The average molecular weight is 389 g/mol. The van der Waals surface area contributed by atoms with E-state index in [1.165, 1.54) is 0 Å². The van der Waals surface area contributed by atoms with E-state index in [0.717, 1.165) is 22.4 Å². The van der Waals surface area contributed by atoms with E-state index in [-0.39, 0.29) is 5.56 Å². The summed E-state index contributed by atoms with van der Waals surface area (Å²) in [6.07, 6.45) is 0. The molecule has 5 rings (SSSR count). The summed E-state index contributed by atoms with van der Waals surface area (Å²) in [5, 5.41) is 0.536. The zero-order chi connectivity index (χ0) is 20.5. The first-order valence-corrected chi connectivity index (χ1v) is 9.74. The highest BCUT2D eigenvalue weighted by molar-refractivity contribution is 5.83. The summed E-state index contributed by atoms with van der Waals surface area (Å²) in [6, 6.07) is 33.0. The van der Waals surface area contributed by atoms with Crippen molar-refractivity contribution in [3.8, 4) is 28.2 Å². The summed E-state index contributed by atoms with van der Waals surface area (Å²) in [7, 11) is 0. The Morgan fingerprint density at radius 2 is 1.33 bits per heavy atom. The number of nitrogens with zero attached hydrogens (tertiary/aromatic N) is 2. The van der Waals surface area contributed by atoms with E-state index in [1.807, 2.05) is 72.8 Å². The molecule has 30 heavy (non-hydrogen) atoms. The van der Waals surface area contributed by atoms with Gasteiger partial charge in [0, 0.05) is 11.3 Å². The van der Waals surface area contributed by atoms with Crippen LogP contribution in [0, 0.1) is 0 Å². The van der Waals surface area contributed by atoms with Gasteiger partial charge in [-0.25, -0.2) is 4.98 Å². The predicted octanol–water partition coefficient (Wildman–Crippen LogP) is 5.30. The standard InChI is InChI=1S/C26H19N3O/c27-21-14-15-23-24(17-21)28-25(19-10-5-2-6-11-19)29(26(23)30)22-13-7-12-20(16-22)18-8-3-1-4-9-18/h1-17H,27H2. The van der Waals surface area contributed by atoms with Crippen LogP contribution in [0.3, 0.4) is 0 Å². The van der Waals surface area contributed by atoms with Crippen LogP contribution in [0.5, 0.6) is 0 Å². The van der Waals surface area contributed by atoms with Gasteiger partial charge in [-0.2, -0.15) is 0 Å². The van der Waals surface area contributed by atoms with E-state index in [9.17, 15) is 4.79 Å². The van der Waals surface area contributed by atoms with Gasteiger partial charge in [-0.15, -0.1) is 0 Å². The molecule has 0 aliphatic carbocycles. The molecule has 0 atom stereocenters. The van der Waals surface area contributed by atoms with Crippen molar-refractivity contribution in [2.75, 3.05) is 5.73 Å². The van der Waals surface area contributed by atoms with E-state index >= 15 is 0 Å². The van der Waals surface area contributed by atoms with Crippen LogP contribution in [0.25, 0.3) is 39.1 Å². The molecule has 0 bridgehead atoms. The first-order chi connectivity index (χ1) is 14.7. The van der Waals surface area contributed by atoms with E-state index in [0.29, 0.717) is 22.4 Å². The fourth-order valence-electron chi connectivity index (χ4n) is 3.68. The Morgan fingerprint density at radius 3 is 2.07 bits per heavy atom. The molecule has 1 heterocycles. The van der Waals surface area contributed by atoms with Gasteiger partial charge in [0.2, 0.25) is 0 Å². The Bertz CT molecular complexity index is 1410. The van der Waals surface area contributed by atoms with Crippen LogP contribution in [0.2, 0.25) is 0 Å². The topological polar surface area (TPSA) is 60.9 Å². The van der Waals surface area contributed by atoms with Crippen LogP contribution < -0.4 is 11.3 Å². The quantitative estimate of drug-likeness (QED) is 0.426. The lowest BCUT2D eigenvalue weighted by atomic mass is 10.0. The lowest BCUT2D eigenvalue weighted by molar-refractivity contribution is 0.976. The van der Waals surface area contributed by atoms with Gasteiger partial charge in [-0.1, -0.05) is 72.8 Å². The monoisotopic (exact) mass is 389 g/mol. The first kappa shape index (κ1) is 17.9. The molecule has 1 aromatic heterocycles. The van der Waals surface area contributed by atoms with Crippen molar-refractivity contribution in [3.05, 3.63) is 113 Å². The fourth-order valence-corrected chi connectivity index (χ4v) is 3.68. The van der Waals surface area contributed by atoms with Crippen LogP contribution in [-0.2, 0) is 0 Å². The Morgan fingerprint density at radius 1 is 0.667 bits per heavy atom. The molecule has 5 aromatic rings. The molecular weight excluding hydrogens is 370 g/mol. The van der Waals surface area contributed by atoms with Gasteiger partial charge in [-0.05, 0) is 41.5 Å².